The van der Waals surface area contributed by atoms with E-state index in [9.17, 15) is 9.59 Å². The third kappa shape index (κ3) is 7.12. The molecule has 0 aliphatic rings. The first-order valence-corrected chi connectivity index (χ1v) is 12.3. The van der Waals surface area contributed by atoms with Gasteiger partial charge in [-0.2, -0.15) is 0 Å². The molecule has 0 fully saturated rings. The highest BCUT2D eigenvalue weighted by atomic mass is 35.5. The molecule has 0 aliphatic heterocycles. The molecule has 2 N–H and O–H groups in total. The Labute approximate surface area is 213 Å². The second kappa shape index (κ2) is 12.5. The fourth-order valence-electron chi connectivity index (χ4n) is 3.40. The van der Waals surface area contributed by atoms with Crippen LogP contribution in [-0.2, 0) is 22.6 Å². The molecule has 35 heavy (non-hydrogen) atoms. The average molecular weight is 518 g/mol. The fraction of sp³-hybridized carbons (Fsp3) is 0.333. The SMILES string of the molecule is CCn1c(SCC(=O)Nc2cc(Cl)ccc2OC)nnc1[C@H](C)NC(=O)Cc1ccc(OC)cc1. The number of hydrogen-bond donors (Lipinski definition) is 2. The Kier molecular flexibility index (Phi) is 9.39. The fourth-order valence-corrected chi connectivity index (χ4v) is 4.39. The van der Waals surface area contributed by atoms with Gasteiger partial charge in [0, 0.05) is 11.6 Å². The molecular weight excluding hydrogens is 490 g/mol. The van der Waals surface area contributed by atoms with Gasteiger partial charge >= 0.3 is 0 Å². The number of anilines is 1. The summed E-state index contributed by atoms with van der Waals surface area (Å²) in [6.07, 6.45) is 0.239. The number of thioether (sulfide) groups is 1. The van der Waals surface area contributed by atoms with Crippen molar-refractivity contribution >= 4 is 40.9 Å². The molecule has 0 aliphatic carbocycles. The number of amides is 2. The highest BCUT2D eigenvalue weighted by Crippen LogP contribution is 2.28. The predicted octanol–water partition coefficient (Wildman–Crippen LogP) is 4.12. The number of halogens is 1. The van der Waals surface area contributed by atoms with Crippen molar-refractivity contribution in [3.8, 4) is 11.5 Å². The van der Waals surface area contributed by atoms with Crippen LogP contribution in [0.2, 0.25) is 5.02 Å². The minimum atomic E-state index is -0.355. The second-order valence-corrected chi connectivity index (χ2v) is 8.96. The van der Waals surface area contributed by atoms with E-state index in [-0.39, 0.29) is 30.0 Å². The molecule has 0 unspecified atom stereocenters. The molecule has 186 valence electrons. The lowest BCUT2D eigenvalue weighted by atomic mass is 10.1. The zero-order valence-corrected chi connectivity index (χ0v) is 21.6. The normalized spacial score (nSPS) is 11.6. The number of methoxy groups -OCH3 is 2. The maximum atomic E-state index is 12.5. The number of nitrogens with zero attached hydrogens (tertiary/aromatic N) is 3. The van der Waals surface area contributed by atoms with Gasteiger partial charge in [-0.25, -0.2) is 0 Å². The predicted molar refractivity (Wildman–Crippen MR) is 136 cm³/mol. The quantitative estimate of drug-likeness (QED) is 0.368. The summed E-state index contributed by atoms with van der Waals surface area (Å²) in [6, 6.07) is 12.0. The number of carbonyl (C=O) groups excluding carboxylic acids is 2. The van der Waals surface area contributed by atoms with E-state index in [0.717, 1.165) is 11.3 Å². The van der Waals surface area contributed by atoms with Gasteiger partial charge in [0.15, 0.2) is 11.0 Å². The van der Waals surface area contributed by atoms with Gasteiger partial charge in [0.25, 0.3) is 0 Å². The maximum Gasteiger partial charge on any atom is 0.234 e. The molecule has 0 saturated heterocycles. The minimum Gasteiger partial charge on any atom is -0.497 e. The van der Waals surface area contributed by atoms with Gasteiger partial charge in [-0.15, -0.1) is 10.2 Å². The lowest BCUT2D eigenvalue weighted by Crippen LogP contribution is -2.30. The Morgan fingerprint density at radius 1 is 1.09 bits per heavy atom. The monoisotopic (exact) mass is 517 g/mol. The molecule has 2 amide bonds. The van der Waals surface area contributed by atoms with Crippen LogP contribution in [0.25, 0.3) is 0 Å². The molecular formula is C24H28ClN5O4S. The van der Waals surface area contributed by atoms with E-state index in [4.69, 9.17) is 21.1 Å². The summed E-state index contributed by atoms with van der Waals surface area (Å²) < 4.78 is 12.3. The second-order valence-electron chi connectivity index (χ2n) is 7.58. The zero-order valence-electron chi connectivity index (χ0n) is 20.0. The van der Waals surface area contributed by atoms with Gasteiger partial charge in [-0.05, 0) is 49.7 Å². The van der Waals surface area contributed by atoms with E-state index < -0.39 is 0 Å². The van der Waals surface area contributed by atoms with Crippen molar-refractivity contribution in [2.24, 2.45) is 0 Å². The van der Waals surface area contributed by atoms with Crippen LogP contribution >= 0.6 is 23.4 Å². The lowest BCUT2D eigenvalue weighted by Gasteiger charge is -2.15. The Morgan fingerprint density at radius 3 is 2.49 bits per heavy atom. The molecule has 11 heteroatoms. The van der Waals surface area contributed by atoms with Gasteiger partial charge in [-0.1, -0.05) is 35.5 Å². The van der Waals surface area contributed by atoms with E-state index in [1.54, 1.807) is 25.3 Å². The highest BCUT2D eigenvalue weighted by Gasteiger charge is 2.20. The molecule has 2 aromatic carbocycles. The van der Waals surface area contributed by atoms with Gasteiger partial charge in [0.2, 0.25) is 11.8 Å². The lowest BCUT2D eigenvalue weighted by molar-refractivity contribution is -0.121. The van der Waals surface area contributed by atoms with E-state index in [2.05, 4.69) is 20.8 Å². The summed E-state index contributed by atoms with van der Waals surface area (Å²) in [5.41, 5.74) is 1.38. The summed E-state index contributed by atoms with van der Waals surface area (Å²) in [5, 5.41) is 15.3. The van der Waals surface area contributed by atoms with Crippen molar-refractivity contribution < 1.29 is 19.1 Å². The van der Waals surface area contributed by atoms with Gasteiger partial charge in [-0.3, -0.25) is 9.59 Å². The van der Waals surface area contributed by atoms with Crippen LogP contribution in [0.4, 0.5) is 5.69 Å². The van der Waals surface area contributed by atoms with E-state index in [1.807, 2.05) is 42.7 Å². The highest BCUT2D eigenvalue weighted by molar-refractivity contribution is 7.99. The first kappa shape index (κ1) is 26.4. The van der Waals surface area contributed by atoms with Crippen molar-refractivity contribution in [1.29, 1.82) is 0 Å². The molecule has 3 rings (SSSR count). The Balaban J connectivity index is 1.59. The largest absolute Gasteiger partial charge is 0.497 e. The number of rotatable bonds is 11. The van der Waals surface area contributed by atoms with E-state index in [1.165, 1.54) is 18.9 Å². The summed E-state index contributed by atoms with van der Waals surface area (Å²) in [4.78, 5) is 25.1. The first-order valence-electron chi connectivity index (χ1n) is 11.0. The third-order valence-corrected chi connectivity index (χ3v) is 6.32. The van der Waals surface area contributed by atoms with Crippen LogP contribution in [0.1, 0.15) is 31.3 Å². The molecule has 0 spiro atoms. The Morgan fingerprint density at radius 2 is 1.83 bits per heavy atom. The van der Waals surface area contributed by atoms with Crippen LogP contribution in [0.3, 0.4) is 0 Å². The number of carbonyl (C=O) groups is 2. The molecule has 1 aromatic heterocycles. The zero-order chi connectivity index (χ0) is 25.4. The van der Waals surface area contributed by atoms with Crippen molar-refractivity contribution in [1.82, 2.24) is 20.1 Å². The number of ether oxygens (including phenoxy) is 2. The van der Waals surface area contributed by atoms with Crippen LogP contribution in [0.15, 0.2) is 47.6 Å². The van der Waals surface area contributed by atoms with Gasteiger partial charge in [0.1, 0.15) is 11.5 Å². The summed E-state index contributed by atoms with van der Waals surface area (Å²) in [6.45, 7) is 4.40. The van der Waals surface area contributed by atoms with E-state index >= 15 is 0 Å². The minimum absolute atomic E-state index is 0.117. The molecule has 0 saturated carbocycles. The van der Waals surface area contributed by atoms with Gasteiger partial charge in [0.05, 0.1) is 38.1 Å². The topological polar surface area (TPSA) is 107 Å². The number of hydrogen-bond acceptors (Lipinski definition) is 7. The Hall–Kier alpha value is -3.24. The summed E-state index contributed by atoms with van der Waals surface area (Å²) in [5.74, 6) is 1.64. The van der Waals surface area contributed by atoms with Gasteiger partial charge < -0.3 is 24.7 Å². The number of benzene rings is 2. The molecule has 0 radical (unpaired) electrons. The van der Waals surface area contributed by atoms with Crippen LogP contribution in [0.5, 0.6) is 11.5 Å². The molecule has 1 heterocycles. The number of aromatic nitrogens is 3. The maximum absolute atomic E-state index is 12.5. The van der Waals surface area contributed by atoms with Crippen LogP contribution in [-0.4, -0.2) is 46.6 Å². The Bertz CT molecular complexity index is 1170. The number of nitrogens with one attached hydrogen (secondary N) is 2. The molecule has 1 atom stereocenters. The van der Waals surface area contributed by atoms with Crippen LogP contribution < -0.4 is 20.1 Å². The molecule has 9 nitrogen and oxygen atoms in total. The first-order chi connectivity index (χ1) is 16.8. The smallest absolute Gasteiger partial charge is 0.234 e. The molecule has 0 bridgehead atoms. The molecule has 3 aromatic rings. The van der Waals surface area contributed by atoms with Crippen molar-refractivity contribution in [3.05, 3.63) is 58.9 Å². The van der Waals surface area contributed by atoms with E-state index in [0.29, 0.717) is 34.0 Å². The van der Waals surface area contributed by atoms with Crippen molar-refractivity contribution in [2.45, 2.75) is 38.0 Å². The standard InChI is InChI=1S/C24H28ClN5O4S/c1-5-30-23(15(2)26-21(31)12-16-6-9-18(33-3)10-7-16)28-29-24(30)35-14-22(32)27-19-13-17(25)8-11-20(19)34-4/h6-11,13,15H,5,12,14H2,1-4H3,(H,26,31)(H,27,32)/t15-/m0/s1. The summed E-state index contributed by atoms with van der Waals surface area (Å²) in [7, 11) is 3.12. The summed E-state index contributed by atoms with van der Waals surface area (Å²) >= 11 is 7.29. The third-order valence-electron chi connectivity index (χ3n) is 5.12. The average Bonchev–Trinajstić information content (AvgIpc) is 3.26. The van der Waals surface area contributed by atoms with Crippen molar-refractivity contribution in [3.63, 3.8) is 0 Å². The van der Waals surface area contributed by atoms with Crippen LogP contribution in [0, 0.1) is 0 Å². The van der Waals surface area contributed by atoms with Crippen molar-refractivity contribution in [2.75, 3.05) is 25.3 Å².